The summed E-state index contributed by atoms with van der Waals surface area (Å²) in [5.41, 5.74) is 3.32. The van der Waals surface area contributed by atoms with Gasteiger partial charge in [0.25, 0.3) is 0 Å². The van der Waals surface area contributed by atoms with Gasteiger partial charge in [0.1, 0.15) is 0 Å². The van der Waals surface area contributed by atoms with E-state index in [9.17, 15) is 4.79 Å². The van der Waals surface area contributed by atoms with Gasteiger partial charge in [-0.3, -0.25) is 9.88 Å². The third kappa shape index (κ3) is 3.21. The van der Waals surface area contributed by atoms with Crippen molar-refractivity contribution in [2.24, 2.45) is 0 Å². The molecule has 0 radical (unpaired) electrons. The molecule has 2 heterocycles. The molecular weight excluding hydrogens is 290 g/mol. The first kappa shape index (κ1) is 15.9. The minimum absolute atomic E-state index is 0.301. The molecule has 5 heteroatoms. The second-order valence-corrected chi connectivity index (χ2v) is 6.15. The first-order valence-corrected chi connectivity index (χ1v) is 7.97. The first-order valence-electron chi connectivity index (χ1n) is 7.97. The molecule has 122 valence electrons. The molecule has 0 saturated carbocycles. The highest BCUT2D eigenvalue weighted by Gasteiger charge is 2.22. The van der Waals surface area contributed by atoms with Crippen LogP contribution in [0.2, 0.25) is 0 Å². The van der Waals surface area contributed by atoms with Crippen LogP contribution in [0.1, 0.15) is 21.6 Å². The van der Waals surface area contributed by atoms with Crippen LogP contribution < -0.4 is 0 Å². The molecule has 5 nitrogen and oxygen atoms in total. The van der Waals surface area contributed by atoms with Crippen molar-refractivity contribution in [2.75, 3.05) is 40.3 Å². The number of rotatable bonds is 3. The molecule has 0 atom stereocenters. The number of para-hydroxylation sites is 1. The number of aromatic nitrogens is 1. The van der Waals surface area contributed by atoms with E-state index >= 15 is 0 Å². The molecule has 0 bridgehead atoms. The minimum Gasteiger partial charge on any atom is -0.465 e. The van der Waals surface area contributed by atoms with Crippen LogP contribution in [0, 0.1) is 6.92 Å². The van der Waals surface area contributed by atoms with Gasteiger partial charge in [-0.15, -0.1) is 0 Å². The van der Waals surface area contributed by atoms with Crippen LogP contribution in [0.4, 0.5) is 0 Å². The number of nitrogens with zero attached hydrogens (tertiary/aromatic N) is 3. The van der Waals surface area contributed by atoms with Gasteiger partial charge in [0, 0.05) is 38.1 Å². The summed E-state index contributed by atoms with van der Waals surface area (Å²) in [6.45, 7) is 6.73. The molecule has 0 amide bonds. The van der Waals surface area contributed by atoms with Gasteiger partial charge in [0.05, 0.1) is 23.9 Å². The Bertz CT molecular complexity index is 722. The number of piperazine rings is 1. The first-order chi connectivity index (χ1) is 11.1. The van der Waals surface area contributed by atoms with Crippen molar-refractivity contribution in [1.82, 2.24) is 14.8 Å². The van der Waals surface area contributed by atoms with E-state index in [1.807, 2.05) is 31.2 Å². The predicted molar refractivity (Wildman–Crippen MR) is 90.6 cm³/mol. The standard InChI is InChI=1S/C18H23N3O2/c1-13-14-6-4-5-7-15(14)19-16(17(13)18(22)23-3)12-21-10-8-20(2)9-11-21/h4-7H,8-12H2,1-3H3. The Morgan fingerprint density at radius 3 is 2.61 bits per heavy atom. The topological polar surface area (TPSA) is 45.7 Å². The van der Waals surface area contributed by atoms with E-state index < -0.39 is 0 Å². The Morgan fingerprint density at radius 2 is 1.91 bits per heavy atom. The third-order valence-corrected chi connectivity index (χ3v) is 4.59. The maximum atomic E-state index is 12.3. The zero-order valence-corrected chi connectivity index (χ0v) is 14.0. The van der Waals surface area contributed by atoms with Crippen molar-refractivity contribution in [3.8, 4) is 0 Å². The van der Waals surface area contributed by atoms with E-state index in [1.165, 1.54) is 7.11 Å². The lowest BCUT2D eigenvalue weighted by Gasteiger charge is -2.32. The van der Waals surface area contributed by atoms with Crippen LogP contribution in [0.25, 0.3) is 10.9 Å². The molecule has 0 N–H and O–H groups in total. The van der Waals surface area contributed by atoms with Crippen LogP contribution in [0.15, 0.2) is 24.3 Å². The van der Waals surface area contributed by atoms with Gasteiger partial charge < -0.3 is 9.64 Å². The zero-order chi connectivity index (χ0) is 16.4. The van der Waals surface area contributed by atoms with E-state index in [-0.39, 0.29) is 5.97 Å². The number of benzene rings is 1. The SMILES string of the molecule is COC(=O)c1c(CN2CCN(C)CC2)nc2ccccc2c1C. The molecule has 2 aromatic rings. The third-order valence-electron chi connectivity index (χ3n) is 4.59. The second kappa shape index (κ2) is 6.64. The van der Waals surface area contributed by atoms with E-state index in [1.54, 1.807) is 0 Å². The zero-order valence-electron chi connectivity index (χ0n) is 14.0. The number of hydrogen-bond donors (Lipinski definition) is 0. The van der Waals surface area contributed by atoms with Crippen LogP contribution in [0.3, 0.4) is 0 Å². The summed E-state index contributed by atoms with van der Waals surface area (Å²) in [6.07, 6.45) is 0. The van der Waals surface area contributed by atoms with Crippen molar-refractivity contribution in [3.05, 3.63) is 41.1 Å². The van der Waals surface area contributed by atoms with Crippen molar-refractivity contribution in [2.45, 2.75) is 13.5 Å². The van der Waals surface area contributed by atoms with Gasteiger partial charge in [-0.05, 0) is 25.6 Å². The number of esters is 1. The lowest BCUT2D eigenvalue weighted by Crippen LogP contribution is -2.44. The van der Waals surface area contributed by atoms with Crippen molar-refractivity contribution >= 4 is 16.9 Å². The number of carbonyl (C=O) groups excluding carboxylic acids is 1. The predicted octanol–water partition coefficient (Wildman–Crippen LogP) is 2.08. The molecule has 3 rings (SSSR count). The van der Waals surface area contributed by atoms with Crippen molar-refractivity contribution < 1.29 is 9.53 Å². The summed E-state index contributed by atoms with van der Waals surface area (Å²) in [6, 6.07) is 7.95. The molecule has 1 aromatic carbocycles. The van der Waals surface area contributed by atoms with Gasteiger partial charge >= 0.3 is 5.97 Å². The van der Waals surface area contributed by atoms with Gasteiger partial charge in [-0.25, -0.2) is 4.79 Å². The van der Waals surface area contributed by atoms with Crippen LogP contribution in [0.5, 0.6) is 0 Å². The average molecular weight is 313 g/mol. The maximum absolute atomic E-state index is 12.3. The Labute approximate surface area is 136 Å². The summed E-state index contributed by atoms with van der Waals surface area (Å²) in [7, 11) is 3.56. The quantitative estimate of drug-likeness (QED) is 0.812. The fourth-order valence-corrected chi connectivity index (χ4v) is 3.15. The normalized spacial score (nSPS) is 16.7. The highest BCUT2D eigenvalue weighted by atomic mass is 16.5. The smallest absolute Gasteiger partial charge is 0.340 e. The molecule has 1 aromatic heterocycles. The number of methoxy groups -OCH3 is 1. The number of pyridine rings is 1. The van der Waals surface area contributed by atoms with Gasteiger partial charge in [-0.2, -0.15) is 0 Å². The van der Waals surface area contributed by atoms with Crippen LogP contribution >= 0.6 is 0 Å². The molecular formula is C18H23N3O2. The molecule has 0 unspecified atom stereocenters. The van der Waals surface area contributed by atoms with Gasteiger partial charge in [-0.1, -0.05) is 18.2 Å². The highest BCUT2D eigenvalue weighted by molar-refractivity contribution is 5.98. The maximum Gasteiger partial charge on any atom is 0.340 e. The summed E-state index contributed by atoms with van der Waals surface area (Å²) >= 11 is 0. The Morgan fingerprint density at radius 1 is 1.22 bits per heavy atom. The fraction of sp³-hybridized carbons (Fsp3) is 0.444. The Hall–Kier alpha value is -1.98. The molecule has 0 aliphatic carbocycles. The van der Waals surface area contributed by atoms with Crippen LogP contribution in [-0.4, -0.2) is 61.1 Å². The number of carbonyl (C=O) groups is 1. The summed E-state index contributed by atoms with van der Waals surface area (Å²) in [5.74, 6) is -0.301. The van der Waals surface area contributed by atoms with Crippen molar-refractivity contribution in [1.29, 1.82) is 0 Å². The average Bonchev–Trinajstić information content (AvgIpc) is 2.57. The minimum atomic E-state index is -0.301. The number of aryl methyl sites for hydroxylation is 1. The van der Waals surface area contributed by atoms with E-state index in [0.29, 0.717) is 12.1 Å². The molecule has 1 aliphatic rings. The summed E-state index contributed by atoms with van der Waals surface area (Å²) in [4.78, 5) is 21.7. The molecule has 1 fully saturated rings. The van der Waals surface area contributed by atoms with E-state index in [2.05, 4.69) is 16.8 Å². The molecule has 1 saturated heterocycles. The number of likely N-dealkylation sites (N-methyl/N-ethyl adjacent to an activating group) is 1. The Kier molecular flexibility index (Phi) is 4.59. The lowest BCUT2D eigenvalue weighted by molar-refractivity contribution is 0.0596. The highest BCUT2D eigenvalue weighted by Crippen LogP contribution is 2.24. The second-order valence-electron chi connectivity index (χ2n) is 6.15. The summed E-state index contributed by atoms with van der Waals surface area (Å²) in [5, 5.41) is 1.01. The Balaban J connectivity index is 2.01. The van der Waals surface area contributed by atoms with Crippen LogP contribution in [-0.2, 0) is 11.3 Å². The summed E-state index contributed by atoms with van der Waals surface area (Å²) < 4.78 is 5.01. The molecule has 23 heavy (non-hydrogen) atoms. The molecule has 1 aliphatic heterocycles. The van der Waals surface area contributed by atoms with Gasteiger partial charge in [0.2, 0.25) is 0 Å². The van der Waals surface area contributed by atoms with E-state index in [4.69, 9.17) is 9.72 Å². The molecule has 0 spiro atoms. The lowest BCUT2D eigenvalue weighted by atomic mass is 10.0. The van der Waals surface area contributed by atoms with Gasteiger partial charge in [0.15, 0.2) is 0 Å². The van der Waals surface area contributed by atoms with Crippen molar-refractivity contribution in [3.63, 3.8) is 0 Å². The fourth-order valence-electron chi connectivity index (χ4n) is 3.15. The number of fused-ring (bicyclic) bond motifs is 1. The van der Waals surface area contributed by atoms with E-state index in [0.717, 1.165) is 48.3 Å². The number of hydrogen-bond acceptors (Lipinski definition) is 5. The monoisotopic (exact) mass is 313 g/mol. The number of ether oxygens (including phenoxy) is 1. The largest absolute Gasteiger partial charge is 0.465 e.